The van der Waals surface area contributed by atoms with Gasteiger partial charge < -0.3 is 4.74 Å². The Bertz CT molecular complexity index is 974. The topological polar surface area (TPSA) is 61.2 Å². The molecule has 0 unspecified atom stereocenters. The van der Waals surface area contributed by atoms with E-state index >= 15 is 0 Å². The first kappa shape index (κ1) is 15.0. The zero-order valence-corrected chi connectivity index (χ0v) is 13.2. The minimum Gasteiger partial charge on any atom is -0.426 e. The summed E-state index contributed by atoms with van der Waals surface area (Å²) in [6.07, 6.45) is 0. The van der Waals surface area contributed by atoms with Gasteiger partial charge >= 0.3 is 5.97 Å². The van der Waals surface area contributed by atoms with Crippen molar-refractivity contribution in [1.82, 2.24) is 9.55 Å². The summed E-state index contributed by atoms with van der Waals surface area (Å²) in [6, 6.07) is 12.6. The Morgan fingerprint density at radius 3 is 2.65 bits per heavy atom. The molecule has 1 heterocycles. The van der Waals surface area contributed by atoms with Crippen LogP contribution >= 0.6 is 0 Å². The van der Waals surface area contributed by atoms with Crippen molar-refractivity contribution in [3.8, 4) is 17.1 Å². The van der Waals surface area contributed by atoms with Gasteiger partial charge in [-0.15, -0.1) is 0 Å². The number of aromatic nitrogens is 2. The van der Waals surface area contributed by atoms with Crippen LogP contribution in [-0.2, 0) is 11.8 Å². The third kappa shape index (κ3) is 2.73. The van der Waals surface area contributed by atoms with Crippen LogP contribution in [0.5, 0.6) is 5.75 Å². The summed E-state index contributed by atoms with van der Waals surface area (Å²) in [6.45, 7) is 3.25. The van der Waals surface area contributed by atoms with Crippen LogP contribution in [0.15, 0.2) is 47.3 Å². The van der Waals surface area contributed by atoms with Gasteiger partial charge in [-0.25, -0.2) is 4.98 Å². The second kappa shape index (κ2) is 5.68. The van der Waals surface area contributed by atoms with E-state index in [4.69, 9.17) is 4.74 Å². The van der Waals surface area contributed by atoms with Gasteiger partial charge in [0.15, 0.2) is 0 Å². The molecule has 0 aliphatic carbocycles. The Morgan fingerprint density at radius 2 is 1.91 bits per heavy atom. The van der Waals surface area contributed by atoms with E-state index in [1.165, 1.54) is 11.5 Å². The summed E-state index contributed by atoms with van der Waals surface area (Å²) in [5, 5.41) is 0.555. The van der Waals surface area contributed by atoms with E-state index in [0.717, 1.165) is 5.56 Å². The van der Waals surface area contributed by atoms with Gasteiger partial charge in [-0.1, -0.05) is 18.2 Å². The number of carbonyl (C=O) groups is 1. The van der Waals surface area contributed by atoms with E-state index in [1.807, 2.05) is 25.1 Å². The minimum absolute atomic E-state index is 0.139. The van der Waals surface area contributed by atoms with Crippen LogP contribution in [0.1, 0.15) is 12.5 Å². The highest BCUT2D eigenvalue weighted by atomic mass is 16.5. The van der Waals surface area contributed by atoms with Crippen LogP contribution in [-0.4, -0.2) is 15.5 Å². The second-order valence-electron chi connectivity index (χ2n) is 5.41. The monoisotopic (exact) mass is 308 g/mol. The van der Waals surface area contributed by atoms with E-state index in [1.54, 1.807) is 31.3 Å². The maximum Gasteiger partial charge on any atom is 0.308 e. The molecule has 0 atom stereocenters. The molecular formula is C18H16N2O3. The highest BCUT2D eigenvalue weighted by Crippen LogP contribution is 2.30. The molecule has 1 aromatic heterocycles. The van der Waals surface area contributed by atoms with Crippen LogP contribution in [0.4, 0.5) is 0 Å². The number of ether oxygens (including phenoxy) is 1. The first-order valence-corrected chi connectivity index (χ1v) is 7.22. The molecule has 0 saturated carbocycles. The van der Waals surface area contributed by atoms with E-state index < -0.39 is 5.97 Å². The summed E-state index contributed by atoms with van der Waals surface area (Å²) < 4.78 is 6.77. The van der Waals surface area contributed by atoms with Crippen molar-refractivity contribution in [2.75, 3.05) is 0 Å². The predicted molar refractivity (Wildman–Crippen MR) is 88.5 cm³/mol. The summed E-state index contributed by atoms with van der Waals surface area (Å²) in [7, 11) is 1.66. The lowest BCUT2D eigenvalue weighted by molar-refractivity contribution is -0.131. The smallest absolute Gasteiger partial charge is 0.308 e. The number of hydrogen-bond donors (Lipinski definition) is 0. The van der Waals surface area contributed by atoms with Crippen molar-refractivity contribution >= 4 is 16.9 Å². The average molecular weight is 308 g/mol. The molecule has 0 saturated heterocycles. The molecule has 0 amide bonds. The van der Waals surface area contributed by atoms with E-state index in [0.29, 0.717) is 28.0 Å². The molecule has 5 heteroatoms. The second-order valence-corrected chi connectivity index (χ2v) is 5.41. The lowest BCUT2D eigenvalue weighted by Gasteiger charge is -2.13. The molecule has 0 aliphatic heterocycles. The number of hydrogen-bond acceptors (Lipinski definition) is 4. The molecule has 23 heavy (non-hydrogen) atoms. The largest absolute Gasteiger partial charge is 0.426 e. The van der Waals surface area contributed by atoms with Crippen LogP contribution in [0.25, 0.3) is 22.3 Å². The first-order valence-electron chi connectivity index (χ1n) is 7.22. The molecule has 5 nitrogen and oxygen atoms in total. The summed E-state index contributed by atoms with van der Waals surface area (Å²) >= 11 is 0. The van der Waals surface area contributed by atoms with E-state index in [-0.39, 0.29) is 5.56 Å². The fourth-order valence-electron chi connectivity index (χ4n) is 2.51. The zero-order chi connectivity index (χ0) is 16.6. The van der Waals surface area contributed by atoms with Crippen LogP contribution in [0.2, 0.25) is 0 Å². The number of esters is 1. The van der Waals surface area contributed by atoms with Crippen molar-refractivity contribution in [3.63, 3.8) is 0 Å². The SMILES string of the molecule is CC(=O)Oc1cc(C)ccc1-c1nc2ccccc2c(=O)n1C. The summed E-state index contributed by atoms with van der Waals surface area (Å²) in [5.41, 5.74) is 2.03. The van der Waals surface area contributed by atoms with Crippen LogP contribution < -0.4 is 10.3 Å². The highest BCUT2D eigenvalue weighted by Gasteiger charge is 2.15. The molecule has 0 radical (unpaired) electrons. The van der Waals surface area contributed by atoms with E-state index in [9.17, 15) is 9.59 Å². The van der Waals surface area contributed by atoms with Crippen molar-refractivity contribution in [3.05, 3.63) is 58.4 Å². The van der Waals surface area contributed by atoms with Gasteiger partial charge in [0.1, 0.15) is 11.6 Å². The fraction of sp³-hybridized carbons (Fsp3) is 0.167. The Hall–Kier alpha value is -2.95. The zero-order valence-electron chi connectivity index (χ0n) is 13.2. The van der Waals surface area contributed by atoms with Gasteiger partial charge in [0.2, 0.25) is 0 Å². The van der Waals surface area contributed by atoms with Crippen molar-refractivity contribution in [1.29, 1.82) is 0 Å². The molecule has 0 fully saturated rings. The number of fused-ring (bicyclic) bond motifs is 1. The first-order chi connectivity index (χ1) is 11.0. The quantitative estimate of drug-likeness (QED) is 0.539. The number of benzene rings is 2. The molecule has 3 rings (SSSR count). The molecule has 3 aromatic rings. The molecule has 116 valence electrons. The molecule has 2 aromatic carbocycles. The van der Waals surface area contributed by atoms with Gasteiger partial charge in [-0.3, -0.25) is 14.2 Å². The van der Waals surface area contributed by atoms with Gasteiger partial charge in [0, 0.05) is 14.0 Å². The highest BCUT2D eigenvalue weighted by molar-refractivity contribution is 5.81. The number of nitrogens with zero attached hydrogens (tertiary/aromatic N) is 2. The number of carbonyl (C=O) groups excluding carboxylic acids is 1. The van der Waals surface area contributed by atoms with Gasteiger partial charge in [0.25, 0.3) is 5.56 Å². The lowest BCUT2D eigenvalue weighted by atomic mass is 10.1. The van der Waals surface area contributed by atoms with Crippen molar-refractivity contribution in [2.24, 2.45) is 7.05 Å². The molecular weight excluding hydrogens is 292 g/mol. The van der Waals surface area contributed by atoms with Crippen molar-refractivity contribution < 1.29 is 9.53 Å². The number of para-hydroxylation sites is 1. The minimum atomic E-state index is -0.414. The average Bonchev–Trinajstić information content (AvgIpc) is 2.51. The lowest BCUT2D eigenvalue weighted by Crippen LogP contribution is -2.20. The van der Waals surface area contributed by atoms with Crippen LogP contribution in [0.3, 0.4) is 0 Å². The van der Waals surface area contributed by atoms with Crippen LogP contribution in [0, 0.1) is 6.92 Å². The number of rotatable bonds is 2. The van der Waals surface area contributed by atoms with Gasteiger partial charge in [-0.05, 0) is 36.8 Å². The number of aryl methyl sites for hydroxylation is 1. The Labute approximate surface area is 133 Å². The molecule has 0 bridgehead atoms. The van der Waals surface area contributed by atoms with Crippen molar-refractivity contribution in [2.45, 2.75) is 13.8 Å². The molecule has 0 N–H and O–H groups in total. The summed E-state index contributed by atoms with van der Waals surface area (Å²) in [4.78, 5) is 28.5. The fourth-order valence-corrected chi connectivity index (χ4v) is 2.51. The third-order valence-corrected chi connectivity index (χ3v) is 3.61. The molecule has 0 aliphatic rings. The maximum absolute atomic E-state index is 12.5. The third-order valence-electron chi connectivity index (χ3n) is 3.61. The Balaban J connectivity index is 2.31. The van der Waals surface area contributed by atoms with Gasteiger partial charge in [-0.2, -0.15) is 0 Å². The standard InChI is InChI=1S/C18H16N2O3/c1-11-8-9-14(16(10-11)23-12(2)21)17-19-15-7-5-4-6-13(15)18(22)20(17)3/h4-10H,1-3H3. The van der Waals surface area contributed by atoms with Gasteiger partial charge in [0.05, 0.1) is 16.5 Å². The normalized spacial score (nSPS) is 10.7. The maximum atomic E-state index is 12.5. The predicted octanol–water partition coefficient (Wildman–Crippen LogP) is 2.83. The Morgan fingerprint density at radius 1 is 1.17 bits per heavy atom. The summed E-state index contributed by atoms with van der Waals surface area (Å²) in [5.74, 6) is 0.447. The Kier molecular flexibility index (Phi) is 3.70. The molecule has 0 spiro atoms. The van der Waals surface area contributed by atoms with E-state index in [2.05, 4.69) is 4.98 Å².